The van der Waals surface area contributed by atoms with Crippen LogP contribution in [0, 0.1) is 24.1 Å². The fourth-order valence-corrected chi connectivity index (χ4v) is 4.40. The number of rotatable bonds is 8. The largest absolute Gasteiger partial charge is 0.475 e. The van der Waals surface area contributed by atoms with Crippen LogP contribution in [-0.2, 0) is 6.42 Å². The predicted octanol–water partition coefficient (Wildman–Crippen LogP) is 5.11. The average Bonchev–Trinajstić information content (AvgIpc) is 3.46. The first kappa shape index (κ1) is 23.4. The van der Waals surface area contributed by atoms with Crippen molar-refractivity contribution < 1.29 is 9.13 Å². The average molecular weight is 484 g/mol. The van der Waals surface area contributed by atoms with Gasteiger partial charge in [-0.05, 0) is 62.2 Å². The fraction of sp³-hybridized carbons (Fsp3) is 0.296. The highest BCUT2D eigenvalue weighted by molar-refractivity contribution is 5.78. The highest BCUT2D eigenvalue weighted by Gasteiger charge is 2.31. The maximum Gasteiger partial charge on any atom is 0.231 e. The first-order chi connectivity index (χ1) is 17.6. The van der Waals surface area contributed by atoms with Crippen molar-refractivity contribution in [3.05, 3.63) is 71.6 Å². The zero-order valence-corrected chi connectivity index (χ0v) is 20.2. The second kappa shape index (κ2) is 10.1. The van der Waals surface area contributed by atoms with Crippen molar-refractivity contribution in [3.8, 4) is 34.6 Å². The molecule has 182 valence electrons. The lowest BCUT2D eigenvalue weighted by atomic mass is 10.1. The van der Waals surface area contributed by atoms with E-state index in [1.54, 1.807) is 30.5 Å². The van der Waals surface area contributed by atoms with E-state index >= 15 is 0 Å². The molecular formula is C27H26FN7O. The van der Waals surface area contributed by atoms with Gasteiger partial charge in [0.1, 0.15) is 29.9 Å². The zero-order chi connectivity index (χ0) is 25.1. The summed E-state index contributed by atoms with van der Waals surface area (Å²) in [5.74, 6) is 1.49. The molecule has 3 aromatic heterocycles. The highest BCUT2D eigenvalue weighted by Crippen LogP contribution is 2.39. The molecule has 0 bridgehead atoms. The Kier molecular flexibility index (Phi) is 6.58. The van der Waals surface area contributed by atoms with E-state index < -0.39 is 0 Å². The molecule has 0 saturated carbocycles. The van der Waals surface area contributed by atoms with Gasteiger partial charge in [0.25, 0.3) is 0 Å². The van der Waals surface area contributed by atoms with Gasteiger partial charge in [-0.2, -0.15) is 5.26 Å². The molecule has 0 fully saturated rings. The number of fused-ring (bicyclic) bond motifs is 1. The zero-order valence-electron chi connectivity index (χ0n) is 20.2. The number of hydrogen-bond acceptors (Lipinski definition) is 7. The summed E-state index contributed by atoms with van der Waals surface area (Å²) < 4.78 is 21.9. The van der Waals surface area contributed by atoms with E-state index in [0.717, 1.165) is 60.0 Å². The number of benzene rings is 1. The first-order valence-corrected chi connectivity index (χ1v) is 12.0. The first-order valence-electron chi connectivity index (χ1n) is 12.0. The Morgan fingerprint density at radius 1 is 1.14 bits per heavy atom. The van der Waals surface area contributed by atoms with Gasteiger partial charge in [0, 0.05) is 30.4 Å². The van der Waals surface area contributed by atoms with Gasteiger partial charge in [0.05, 0.1) is 23.1 Å². The molecule has 0 amide bonds. The number of nitrogens with zero attached hydrogens (tertiary/aromatic N) is 6. The summed E-state index contributed by atoms with van der Waals surface area (Å²) in [5, 5.41) is 12.7. The van der Waals surface area contributed by atoms with Crippen molar-refractivity contribution in [3.63, 3.8) is 0 Å². The predicted molar refractivity (Wildman–Crippen MR) is 134 cm³/mol. The fourth-order valence-electron chi connectivity index (χ4n) is 4.40. The van der Waals surface area contributed by atoms with E-state index in [4.69, 9.17) is 14.7 Å². The molecule has 1 atom stereocenters. The van der Waals surface area contributed by atoms with Gasteiger partial charge in [0.15, 0.2) is 0 Å². The van der Waals surface area contributed by atoms with Gasteiger partial charge in [-0.3, -0.25) is 0 Å². The maximum absolute atomic E-state index is 13.7. The number of pyridine rings is 1. The lowest BCUT2D eigenvalue weighted by molar-refractivity contribution is 0.246. The van der Waals surface area contributed by atoms with Crippen LogP contribution in [0.3, 0.4) is 0 Å². The third kappa shape index (κ3) is 4.62. The molecule has 5 rings (SSSR count). The number of halogens is 1. The van der Waals surface area contributed by atoms with Crippen molar-refractivity contribution in [2.45, 2.75) is 39.2 Å². The van der Waals surface area contributed by atoms with Gasteiger partial charge < -0.3 is 14.6 Å². The summed E-state index contributed by atoms with van der Waals surface area (Å²) in [6.07, 6.45) is 4.28. The minimum absolute atomic E-state index is 0.0347. The normalized spacial score (nSPS) is 14.3. The lowest BCUT2D eigenvalue weighted by Gasteiger charge is -2.18. The molecule has 8 nitrogen and oxygen atoms in total. The van der Waals surface area contributed by atoms with Crippen LogP contribution in [0.4, 0.5) is 10.3 Å². The van der Waals surface area contributed by atoms with Crippen molar-refractivity contribution in [1.82, 2.24) is 24.5 Å². The van der Waals surface area contributed by atoms with Crippen molar-refractivity contribution in [1.29, 1.82) is 5.26 Å². The Morgan fingerprint density at radius 2 is 1.97 bits per heavy atom. The van der Waals surface area contributed by atoms with E-state index in [2.05, 4.69) is 32.8 Å². The summed E-state index contributed by atoms with van der Waals surface area (Å²) in [7, 11) is 0. The monoisotopic (exact) mass is 483 g/mol. The molecule has 4 heterocycles. The van der Waals surface area contributed by atoms with Crippen LogP contribution in [0.2, 0.25) is 0 Å². The molecule has 1 N–H and O–H groups in total. The second-order valence-electron chi connectivity index (χ2n) is 8.72. The van der Waals surface area contributed by atoms with Gasteiger partial charge in [-0.25, -0.2) is 24.3 Å². The minimum atomic E-state index is -0.301. The van der Waals surface area contributed by atoms with Crippen LogP contribution in [-0.4, -0.2) is 37.7 Å². The summed E-state index contributed by atoms with van der Waals surface area (Å²) in [5.41, 5.74) is 4.29. The molecule has 1 aromatic carbocycles. The molecule has 0 radical (unpaired) electrons. The van der Waals surface area contributed by atoms with Gasteiger partial charge in [0.2, 0.25) is 11.8 Å². The Balaban J connectivity index is 1.55. The molecule has 1 unspecified atom stereocenters. The molecule has 0 aliphatic carbocycles. The molecule has 0 spiro atoms. The third-order valence-electron chi connectivity index (χ3n) is 6.13. The SMILES string of the molecule is CCCNc1nccc(-c2c(-c3ccc(F)cc3)nc3n2C(COc2nc(C)ccc2C#N)CC3)n1. The number of anilines is 1. The summed E-state index contributed by atoms with van der Waals surface area (Å²) in [4.78, 5) is 18.5. The van der Waals surface area contributed by atoms with E-state index in [0.29, 0.717) is 24.0 Å². The highest BCUT2D eigenvalue weighted by atomic mass is 19.1. The number of ether oxygens (including phenoxy) is 1. The molecule has 36 heavy (non-hydrogen) atoms. The van der Waals surface area contributed by atoms with Crippen molar-refractivity contribution >= 4 is 5.95 Å². The Bertz CT molecular complexity index is 1430. The Labute approximate surface area is 208 Å². The van der Waals surface area contributed by atoms with Crippen LogP contribution in [0.15, 0.2) is 48.7 Å². The maximum atomic E-state index is 13.7. The van der Waals surface area contributed by atoms with E-state index in [1.807, 2.05) is 13.0 Å². The molecule has 9 heteroatoms. The number of imidazole rings is 1. The number of hydrogen-bond donors (Lipinski definition) is 1. The van der Waals surface area contributed by atoms with Crippen molar-refractivity contribution in [2.75, 3.05) is 18.5 Å². The van der Waals surface area contributed by atoms with E-state index in [9.17, 15) is 9.65 Å². The Morgan fingerprint density at radius 3 is 2.75 bits per heavy atom. The van der Waals surface area contributed by atoms with Gasteiger partial charge in [-0.15, -0.1) is 0 Å². The van der Waals surface area contributed by atoms with Crippen LogP contribution < -0.4 is 10.1 Å². The summed E-state index contributed by atoms with van der Waals surface area (Å²) in [6, 6.07) is 13.8. The second-order valence-corrected chi connectivity index (χ2v) is 8.72. The summed E-state index contributed by atoms with van der Waals surface area (Å²) >= 11 is 0. The molecule has 4 aromatic rings. The minimum Gasteiger partial charge on any atom is -0.475 e. The number of nitrogens with one attached hydrogen (secondary N) is 1. The quantitative estimate of drug-likeness (QED) is 0.372. The molecule has 1 aliphatic heterocycles. The van der Waals surface area contributed by atoms with Gasteiger partial charge in [-0.1, -0.05) is 6.92 Å². The van der Waals surface area contributed by atoms with E-state index in [1.165, 1.54) is 12.1 Å². The summed E-state index contributed by atoms with van der Waals surface area (Å²) in [6.45, 7) is 5.04. The number of aryl methyl sites for hydroxylation is 2. The van der Waals surface area contributed by atoms with Crippen LogP contribution >= 0.6 is 0 Å². The molecule has 0 saturated heterocycles. The lowest BCUT2D eigenvalue weighted by Crippen LogP contribution is -2.16. The Hall–Kier alpha value is -4.32. The van der Waals surface area contributed by atoms with Crippen molar-refractivity contribution in [2.24, 2.45) is 0 Å². The van der Waals surface area contributed by atoms with Crippen LogP contribution in [0.25, 0.3) is 22.6 Å². The smallest absolute Gasteiger partial charge is 0.231 e. The standard InChI is InChI=1S/C27H26FN7O/c1-3-13-30-27-31-14-12-22(33-27)25-24(18-6-8-20(28)9-7-18)34-23-11-10-21(35(23)25)16-36-26-19(15-29)5-4-17(2)32-26/h4-9,12,14,21H,3,10-11,13,16H2,1-2H3,(H,30,31,33). The topological polar surface area (TPSA) is 102 Å². The number of nitriles is 1. The molecule has 1 aliphatic rings. The van der Waals surface area contributed by atoms with E-state index in [-0.39, 0.29) is 11.9 Å². The van der Waals surface area contributed by atoms with Gasteiger partial charge >= 0.3 is 0 Å². The van der Waals surface area contributed by atoms with Crippen LogP contribution in [0.5, 0.6) is 5.88 Å². The van der Waals surface area contributed by atoms with Crippen LogP contribution in [0.1, 0.15) is 42.9 Å². The number of aromatic nitrogens is 5. The molecular weight excluding hydrogens is 457 g/mol. The third-order valence-corrected chi connectivity index (χ3v) is 6.13.